The van der Waals surface area contributed by atoms with Crippen molar-refractivity contribution in [2.24, 2.45) is 5.73 Å². The van der Waals surface area contributed by atoms with Gasteiger partial charge in [-0.1, -0.05) is 26.7 Å². The number of rotatable bonds is 5. The van der Waals surface area contributed by atoms with Crippen LogP contribution >= 0.6 is 0 Å². The maximum absolute atomic E-state index is 12.2. The Labute approximate surface area is 99.4 Å². The summed E-state index contributed by atoms with van der Waals surface area (Å²) in [6.45, 7) is 5.18. The maximum Gasteiger partial charge on any atom is 0.239 e. The van der Waals surface area contributed by atoms with E-state index in [1.807, 2.05) is 4.90 Å². The third-order valence-corrected chi connectivity index (χ3v) is 3.45. The average Bonchev–Trinajstić information content (AvgIpc) is 2.29. The minimum Gasteiger partial charge on any atom is -0.338 e. The van der Waals surface area contributed by atoms with Crippen LogP contribution < -0.4 is 5.73 Å². The molecule has 2 N–H and O–H groups in total. The molecular weight excluding hydrogens is 200 g/mol. The minimum absolute atomic E-state index is 0.181. The lowest BCUT2D eigenvalue weighted by Crippen LogP contribution is -2.50. The molecule has 1 heterocycles. The van der Waals surface area contributed by atoms with E-state index in [-0.39, 0.29) is 11.9 Å². The van der Waals surface area contributed by atoms with E-state index in [4.69, 9.17) is 5.73 Å². The zero-order chi connectivity index (χ0) is 12.0. The van der Waals surface area contributed by atoms with Crippen LogP contribution in [0.2, 0.25) is 0 Å². The van der Waals surface area contributed by atoms with E-state index in [9.17, 15) is 4.79 Å². The third-order valence-electron chi connectivity index (χ3n) is 3.45. The quantitative estimate of drug-likeness (QED) is 0.782. The summed E-state index contributed by atoms with van der Waals surface area (Å²) in [4.78, 5) is 14.2. The molecule has 94 valence electrons. The van der Waals surface area contributed by atoms with Gasteiger partial charge in [0, 0.05) is 12.6 Å². The van der Waals surface area contributed by atoms with Crippen LogP contribution in [-0.2, 0) is 4.79 Å². The average molecular weight is 226 g/mol. The number of hydrogen-bond acceptors (Lipinski definition) is 2. The van der Waals surface area contributed by atoms with Gasteiger partial charge in [-0.2, -0.15) is 0 Å². The predicted molar refractivity (Wildman–Crippen MR) is 67.1 cm³/mol. The van der Waals surface area contributed by atoms with Gasteiger partial charge in [0.1, 0.15) is 0 Å². The zero-order valence-corrected chi connectivity index (χ0v) is 10.7. The van der Waals surface area contributed by atoms with Gasteiger partial charge in [0.05, 0.1) is 6.04 Å². The third kappa shape index (κ3) is 3.48. The smallest absolute Gasteiger partial charge is 0.239 e. The first kappa shape index (κ1) is 13.5. The molecule has 1 aliphatic rings. The molecule has 3 heteroatoms. The molecule has 3 nitrogen and oxygen atoms in total. The topological polar surface area (TPSA) is 46.3 Å². The number of piperidine rings is 1. The number of carbonyl (C=O) groups is 1. The van der Waals surface area contributed by atoms with Crippen LogP contribution in [0.25, 0.3) is 0 Å². The fourth-order valence-electron chi connectivity index (χ4n) is 2.57. The van der Waals surface area contributed by atoms with Crippen molar-refractivity contribution in [3.63, 3.8) is 0 Å². The van der Waals surface area contributed by atoms with Crippen molar-refractivity contribution in [3.8, 4) is 0 Å². The molecule has 0 spiro atoms. The van der Waals surface area contributed by atoms with Gasteiger partial charge in [-0.25, -0.2) is 0 Å². The van der Waals surface area contributed by atoms with Crippen molar-refractivity contribution in [1.82, 2.24) is 4.90 Å². The summed E-state index contributed by atoms with van der Waals surface area (Å²) in [5.74, 6) is 0.181. The largest absolute Gasteiger partial charge is 0.338 e. The molecule has 0 aromatic heterocycles. The van der Waals surface area contributed by atoms with E-state index >= 15 is 0 Å². The van der Waals surface area contributed by atoms with E-state index in [1.54, 1.807) is 0 Å². The highest BCUT2D eigenvalue weighted by molar-refractivity contribution is 5.82. The van der Waals surface area contributed by atoms with Gasteiger partial charge in [0.25, 0.3) is 0 Å². The number of carbonyl (C=O) groups excluding carboxylic acids is 1. The summed E-state index contributed by atoms with van der Waals surface area (Å²) < 4.78 is 0. The van der Waals surface area contributed by atoms with E-state index in [0.717, 1.165) is 38.6 Å². The lowest BCUT2D eigenvalue weighted by atomic mass is 9.97. The van der Waals surface area contributed by atoms with E-state index in [2.05, 4.69) is 13.8 Å². The lowest BCUT2D eigenvalue weighted by Gasteiger charge is -2.37. The maximum atomic E-state index is 12.2. The SMILES string of the molecule is CCCC1CCCCN1C(=O)[C@H](N)CCC. The van der Waals surface area contributed by atoms with Crippen LogP contribution in [0.3, 0.4) is 0 Å². The van der Waals surface area contributed by atoms with Crippen LogP contribution in [0.15, 0.2) is 0 Å². The van der Waals surface area contributed by atoms with Gasteiger partial charge in [0.15, 0.2) is 0 Å². The van der Waals surface area contributed by atoms with Gasteiger partial charge in [-0.15, -0.1) is 0 Å². The Balaban J connectivity index is 2.56. The number of likely N-dealkylation sites (tertiary alicyclic amines) is 1. The zero-order valence-electron chi connectivity index (χ0n) is 10.7. The molecule has 1 aliphatic heterocycles. The van der Waals surface area contributed by atoms with Gasteiger partial charge >= 0.3 is 0 Å². The molecule has 1 unspecified atom stereocenters. The normalized spacial score (nSPS) is 23.2. The van der Waals surface area contributed by atoms with Crippen LogP contribution in [0.1, 0.15) is 58.8 Å². The second-order valence-electron chi connectivity index (χ2n) is 4.87. The fourth-order valence-corrected chi connectivity index (χ4v) is 2.57. The van der Waals surface area contributed by atoms with Crippen molar-refractivity contribution in [2.45, 2.75) is 70.9 Å². The van der Waals surface area contributed by atoms with Crippen LogP contribution in [0, 0.1) is 0 Å². The standard InChI is InChI=1S/C13H26N2O/c1-3-7-11-9-5-6-10-15(11)13(16)12(14)8-4-2/h11-12H,3-10,14H2,1-2H3/t11?,12-/m1/s1. The number of nitrogens with zero attached hydrogens (tertiary/aromatic N) is 1. The molecule has 16 heavy (non-hydrogen) atoms. The fraction of sp³-hybridized carbons (Fsp3) is 0.923. The second kappa shape index (κ2) is 6.89. The summed E-state index contributed by atoms with van der Waals surface area (Å²) in [6.07, 6.45) is 7.65. The Hall–Kier alpha value is -0.570. The van der Waals surface area contributed by atoms with Gasteiger partial charge < -0.3 is 10.6 Å². The first-order valence-corrected chi connectivity index (χ1v) is 6.76. The Kier molecular flexibility index (Phi) is 5.81. The Morgan fingerprint density at radius 2 is 2.12 bits per heavy atom. The number of nitrogens with two attached hydrogens (primary N) is 1. The molecular formula is C13H26N2O. The summed E-state index contributed by atoms with van der Waals surface area (Å²) >= 11 is 0. The Morgan fingerprint density at radius 1 is 1.38 bits per heavy atom. The first-order valence-electron chi connectivity index (χ1n) is 6.76. The van der Waals surface area contributed by atoms with Crippen LogP contribution in [0.5, 0.6) is 0 Å². The van der Waals surface area contributed by atoms with Crippen molar-refractivity contribution >= 4 is 5.91 Å². The highest BCUT2D eigenvalue weighted by Crippen LogP contribution is 2.21. The van der Waals surface area contributed by atoms with E-state index < -0.39 is 0 Å². The van der Waals surface area contributed by atoms with E-state index in [1.165, 1.54) is 12.8 Å². The van der Waals surface area contributed by atoms with Gasteiger partial charge in [0.2, 0.25) is 5.91 Å². The number of amides is 1. The van der Waals surface area contributed by atoms with Crippen molar-refractivity contribution in [2.75, 3.05) is 6.54 Å². The highest BCUT2D eigenvalue weighted by Gasteiger charge is 2.28. The van der Waals surface area contributed by atoms with Crippen molar-refractivity contribution < 1.29 is 4.79 Å². The lowest BCUT2D eigenvalue weighted by molar-refractivity contribution is -0.136. The molecule has 1 amide bonds. The van der Waals surface area contributed by atoms with Gasteiger partial charge in [-0.3, -0.25) is 4.79 Å². The van der Waals surface area contributed by atoms with Gasteiger partial charge in [-0.05, 0) is 32.1 Å². The summed E-state index contributed by atoms with van der Waals surface area (Å²) in [7, 11) is 0. The summed E-state index contributed by atoms with van der Waals surface area (Å²) in [5.41, 5.74) is 5.93. The second-order valence-corrected chi connectivity index (χ2v) is 4.87. The van der Waals surface area contributed by atoms with E-state index in [0.29, 0.717) is 6.04 Å². The molecule has 0 saturated carbocycles. The highest BCUT2D eigenvalue weighted by atomic mass is 16.2. The molecule has 1 rings (SSSR count). The molecule has 0 aliphatic carbocycles. The number of hydrogen-bond donors (Lipinski definition) is 1. The molecule has 1 fully saturated rings. The first-order chi connectivity index (χ1) is 7.70. The van der Waals surface area contributed by atoms with Crippen LogP contribution in [-0.4, -0.2) is 29.4 Å². The molecule has 0 aromatic rings. The molecule has 1 saturated heterocycles. The summed E-state index contributed by atoms with van der Waals surface area (Å²) in [5, 5.41) is 0. The molecule has 0 radical (unpaired) electrons. The monoisotopic (exact) mass is 226 g/mol. The Morgan fingerprint density at radius 3 is 2.75 bits per heavy atom. The minimum atomic E-state index is -0.276. The molecule has 2 atom stereocenters. The summed E-state index contributed by atoms with van der Waals surface area (Å²) in [6, 6.07) is 0.177. The molecule has 0 aromatic carbocycles. The predicted octanol–water partition coefficient (Wildman–Crippen LogP) is 2.29. The Bertz CT molecular complexity index is 216. The van der Waals surface area contributed by atoms with Crippen LogP contribution in [0.4, 0.5) is 0 Å². The van der Waals surface area contributed by atoms with Crippen molar-refractivity contribution in [1.29, 1.82) is 0 Å². The van der Waals surface area contributed by atoms with Crippen molar-refractivity contribution in [3.05, 3.63) is 0 Å². The molecule has 0 bridgehead atoms.